The molecule has 0 spiro atoms. The maximum atomic E-state index is 12.7. The first-order valence-electron chi connectivity index (χ1n) is 8.89. The Morgan fingerprint density at radius 1 is 1.14 bits per heavy atom. The van der Waals surface area contributed by atoms with Crippen LogP contribution in [-0.2, 0) is 17.9 Å². The normalized spacial score (nSPS) is 10.7. The molecular formula is C22H17N3O3. The van der Waals surface area contributed by atoms with E-state index in [1.165, 1.54) is 0 Å². The molecule has 0 atom stereocenters. The molecule has 0 aliphatic heterocycles. The summed E-state index contributed by atoms with van der Waals surface area (Å²) in [5.74, 6) is 0.00563. The average molecular weight is 371 g/mol. The summed E-state index contributed by atoms with van der Waals surface area (Å²) in [6.07, 6.45) is 1.90. The summed E-state index contributed by atoms with van der Waals surface area (Å²) in [6, 6.07) is 21.0. The van der Waals surface area contributed by atoms with E-state index >= 15 is 0 Å². The third kappa shape index (κ3) is 3.64. The number of nitrogens with zero attached hydrogens (tertiary/aromatic N) is 3. The molecule has 0 aliphatic rings. The zero-order valence-electron chi connectivity index (χ0n) is 15.0. The van der Waals surface area contributed by atoms with Gasteiger partial charge in [-0.3, -0.25) is 4.68 Å². The van der Waals surface area contributed by atoms with Gasteiger partial charge in [0, 0.05) is 11.6 Å². The molecule has 2 aromatic carbocycles. The highest BCUT2D eigenvalue weighted by Crippen LogP contribution is 2.29. The van der Waals surface area contributed by atoms with Gasteiger partial charge in [-0.25, -0.2) is 4.79 Å². The number of nitriles is 1. The number of para-hydroxylation sites is 1. The minimum atomic E-state index is -0.484. The van der Waals surface area contributed by atoms with E-state index < -0.39 is 5.97 Å². The van der Waals surface area contributed by atoms with Gasteiger partial charge in [-0.2, -0.15) is 10.4 Å². The summed E-state index contributed by atoms with van der Waals surface area (Å²) in [5.41, 5.74) is 2.34. The van der Waals surface area contributed by atoms with Crippen LogP contribution in [0.1, 0.15) is 22.3 Å². The van der Waals surface area contributed by atoms with Crippen molar-refractivity contribution in [1.29, 1.82) is 5.26 Å². The highest BCUT2D eigenvalue weighted by atomic mass is 16.5. The van der Waals surface area contributed by atoms with E-state index in [0.717, 1.165) is 10.9 Å². The number of fused-ring (bicyclic) bond motifs is 1. The fraction of sp³-hybridized carbons (Fsp3) is 0.136. The number of aromatic nitrogens is 2. The summed E-state index contributed by atoms with van der Waals surface area (Å²) in [6.45, 7) is 0.554. The van der Waals surface area contributed by atoms with Gasteiger partial charge in [0.2, 0.25) is 0 Å². The molecule has 6 heteroatoms. The fourth-order valence-corrected chi connectivity index (χ4v) is 2.93. The second-order valence-electron chi connectivity index (χ2n) is 6.27. The number of carbonyl (C=O) groups excluding carboxylic acids is 1. The summed E-state index contributed by atoms with van der Waals surface area (Å²) >= 11 is 0. The SMILES string of the molecule is N#CCCn1cc(C(=O)OCc2ccccc2)c(-c2cc3ccccc3o2)n1. The first-order valence-corrected chi connectivity index (χ1v) is 8.89. The molecule has 138 valence electrons. The predicted molar refractivity (Wildman–Crippen MR) is 103 cm³/mol. The predicted octanol–water partition coefficient (Wildman–Crippen LogP) is 4.57. The van der Waals surface area contributed by atoms with E-state index in [9.17, 15) is 4.79 Å². The largest absolute Gasteiger partial charge is 0.457 e. The minimum Gasteiger partial charge on any atom is -0.457 e. The third-order valence-corrected chi connectivity index (χ3v) is 4.31. The molecule has 28 heavy (non-hydrogen) atoms. The molecule has 0 aliphatic carbocycles. The maximum Gasteiger partial charge on any atom is 0.342 e. The molecule has 4 rings (SSSR count). The Hall–Kier alpha value is -3.85. The van der Waals surface area contributed by atoms with Crippen LogP contribution in [-0.4, -0.2) is 15.7 Å². The van der Waals surface area contributed by atoms with Gasteiger partial charge < -0.3 is 9.15 Å². The van der Waals surface area contributed by atoms with Gasteiger partial charge in [-0.05, 0) is 17.7 Å². The molecule has 0 unspecified atom stereocenters. The van der Waals surface area contributed by atoms with Crippen molar-refractivity contribution in [1.82, 2.24) is 9.78 Å². The zero-order valence-corrected chi connectivity index (χ0v) is 15.0. The quantitative estimate of drug-likeness (QED) is 0.464. The standard InChI is InChI=1S/C22H17N3O3/c23-11-6-12-25-14-18(22(26)27-15-16-7-2-1-3-8-16)21(24-25)20-13-17-9-4-5-10-19(17)28-20/h1-5,7-10,13-14H,6,12,15H2. The molecule has 2 heterocycles. The van der Waals surface area contributed by atoms with Crippen molar-refractivity contribution in [2.24, 2.45) is 0 Å². The van der Waals surface area contributed by atoms with Gasteiger partial charge in [-0.15, -0.1) is 0 Å². The number of aryl methyl sites for hydroxylation is 1. The number of hydrogen-bond donors (Lipinski definition) is 0. The number of esters is 1. The van der Waals surface area contributed by atoms with Crippen LogP contribution in [0.3, 0.4) is 0 Å². The molecule has 0 amide bonds. The van der Waals surface area contributed by atoms with Crippen LogP contribution in [0, 0.1) is 11.3 Å². The Morgan fingerprint density at radius 2 is 1.93 bits per heavy atom. The number of ether oxygens (including phenoxy) is 1. The highest BCUT2D eigenvalue weighted by molar-refractivity contribution is 5.96. The van der Waals surface area contributed by atoms with Gasteiger partial charge in [-0.1, -0.05) is 48.5 Å². The lowest BCUT2D eigenvalue weighted by molar-refractivity contribution is 0.0473. The van der Waals surface area contributed by atoms with Crippen molar-refractivity contribution in [3.63, 3.8) is 0 Å². The molecule has 0 N–H and O–H groups in total. The number of rotatable bonds is 6. The van der Waals surface area contributed by atoms with E-state index in [1.807, 2.05) is 60.7 Å². The molecule has 2 aromatic heterocycles. The molecule has 0 saturated heterocycles. The molecule has 6 nitrogen and oxygen atoms in total. The molecule has 0 bridgehead atoms. The summed E-state index contributed by atoms with van der Waals surface area (Å²) < 4.78 is 12.9. The molecule has 0 fully saturated rings. The monoisotopic (exact) mass is 371 g/mol. The Morgan fingerprint density at radius 3 is 2.71 bits per heavy atom. The Balaban J connectivity index is 1.65. The second-order valence-corrected chi connectivity index (χ2v) is 6.27. The molecule has 4 aromatic rings. The van der Waals surface area contributed by atoms with Crippen LogP contribution in [0.5, 0.6) is 0 Å². The Bertz CT molecular complexity index is 1120. The first kappa shape index (κ1) is 17.6. The van der Waals surface area contributed by atoms with Gasteiger partial charge in [0.1, 0.15) is 23.4 Å². The average Bonchev–Trinajstić information content (AvgIpc) is 3.35. The van der Waals surface area contributed by atoms with E-state index in [1.54, 1.807) is 10.9 Å². The van der Waals surface area contributed by atoms with E-state index in [0.29, 0.717) is 35.6 Å². The lowest BCUT2D eigenvalue weighted by atomic mass is 10.2. The number of hydrogen-bond acceptors (Lipinski definition) is 5. The summed E-state index contributed by atoms with van der Waals surface area (Å²) in [5, 5.41) is 14.2. The van der Waals surface area contributed by atoms with Crippen LogP contribution in [0.25, 0.3) is 22.4 Å². The third-order valence-electron chi connectivity index (χ3n) is 4.31. The van der Waals surface area contributed by atoms with Crippen molar-refractivity contribution in [3.05, 3.63) is 78.0 Å². The minimum absolute atomic E-state index is 0.169. The van der Waals surface area contributed by atoms with E-state index in [2.05, 4.69) is 11.2 Å². The molecular weight excluding hydrogens is 354 g/mol. The van der Waals surface area contributed by atoms with Gasteiger partial charge in [0.25, 0.3) is 0 Å². The summed E-state index contributed by atoms with van der Waals surface area (Å²) in [4.78, 5) is 12.7. The fourth-order valence-electron chi connectivity index (χ4n) is 2.93. The van der Waals surface area contributed by atoms with Crippen molar-refractivity contribution >= 4 is 16.9 Å². The number of furan rings is 1. The van der Waals surface area contributed by atoms with Crippen molar-refractivity contribution in [2.45, 2.75) is 19.6 Å². The van der Waals surface area contributed by atoms with E-state index in [-0.39, 0.29) is 6.61 Å². The zero-order chi connectivity index (χ0) is 19.3. The van der Waals surface area contributed by atoms with Gasteiger partial charge >= 0.3 is 5.97 Å². The van der Waals surface area contributed by atoms with Crippen LogP contribution < -0.4 is 0 Å². The first-order chi connectivity index (χ1) is 13.7. The van der Waals surface area contributed by atoms with Crippen molar-refractivity contribution < 1.29 is 13.9 Å². The highest BCUT2D eigenvalue weighted by Gasteiger charge is 2.22. The van der Waals surface area contributed by atoms with Crippen molar-refractivity contribution in [3.8, 4) is 17.5 Å². The Labute approximate surface area is 161 Å². The Kier molecular flexibility index (Phi) is 4.89. The molecule has 0 radical (unpaired) electrons. The van der Waals surface area contributed by atoms with Crippen LogP contribution in [0.4, 0.5) is 0 Å². The van der Waals surface area contributed by atoms with Crippen LogP contribution >= 0.6 is 0 Å². The maximum absolute atomic E-state index is 12.7. The van der Waals surface area contributed by atoms with Crippen LogP contribution in [0.2, 0.25) is 0 Å². The lowest BCUT2D eigenvalue weighted by Gasteiger charge is -2.04. The van der Waals surface area contributed by atoms with E-state index in [4.69, 9.17) is 14.4 Å². The number of benzene rings is 2. The molecule has 0 saturated carbocycles. The van der Waals surface area contributed by atoms with Gasteiger partial charge in [0.05, 0.1) is 19.0 Å². The van der Waals surface area contributed by atoms with Crippen LogP contribution in [0.15, 0.2) is 71.3 Å². The topological polar surface area (TPSA) is 81.0 Å². The smallest absolute Gasteiger partial charge is 0.342 e. The van der Waals surface area contributed by atoms with Gasteiger partial charge in [0.15, 0.2) is 5.76 Å². The second kappa shape index (κ2) is 7.80. The number of carbonyl (C=O) groups is 1. The lowest BCUT2D eigenvalue weighted by Crippen LogP contribution is -2.05. The summed E-state index contributed by atoms with van der Waals surface area (Å²) in [7, 11) is 0. The van der Waals surface area contributed by atoms with Crippen molar-refractivity contribution in [2.75, 3.05) is 0 Å².